The molecule has 13 heavy (non-hydrogen) atoms. The van der Waals surface area contributed by atoms with Gasteiger partial charge in [-0.1, -0.05) is 0 Å². The number of hydrogen-bond acceptors (Lipinski definition) is 3. The van der Waals surface area contributed by atoms with E-state index in [9.17, 15) is 0 Å². The summed E-state index contributed by atoms with van der Waals surface area (Å²) in [5.74, 6) is 0. The summed E-state index contributed by atoms with van der Waals surface area (Å²) < 4.78 is 0. The van der Waals surface area contributed by atoms with Crippen LogP contribution in [0.4, 0.5) is 0 Å². The average Bonchev–Trinajstić information content (AvgIpc) is 1.99. The quantitative estimate of drug-likeness (QED) is 0.417. The van der Waals surface area contributed by atoms with Crippen molar-refractivity contribution in [3.63, 3.8) is 0 Å². The molecule has 1 aliphatic rings. The molecule has 0 radical (unpaired) electrons. The molecule has 3 nitrogen and oxygen atoms in total. The third-order valence-electron chi connectivity index (χ3n) is 1.95. The molecule has 0 aromatic carbocycles. The van der Waals surface area contributed by atoms with E-state index in [4.69, 9.17) is 0 Å². The van der Waals surface area contributed by atoms with Crippen LogP contribution >= 0.6 is 0 Å². The van der Waals surface area contributed by atoms with E-state index in [0.717, 1.165) is 12.2 Å². The zero-order valence-electron chi connectivity index (χ0n) is 8.40. The smallest absolute Gasteiger partial charge is 0.358 e. The van der Waals surface area contributed by atoms with Crippen molar-refractivity contribution in [1.82, 2.24) is 14.9 Å². The van der Waals surface area contributed by atoms with E-state index in [-0.39, 0.29) is 58.8 Å². The summed E-state index contributed by atoms with van der Waals surface area (Å²) in [6.07, 6.45) is 6.62. The van der Waals surface area contributed by atoms with E-state index in [1.165, 1.54) is 19.5 Å². The molecule has 0 spiro atoms. The van der Waals surface area contributed by atoms with Crippen molar-refractivity contribution in [1.29, 1.82) is 0 Å². The molecule has 0 aliphatic carbocycles. The van der Waals surface area contributed by atoms with Gasteiger partial charge in [0.2, 0.25) is 0 Å². The van der Waals surface area contributed by atoms with Crippen molar-refractivity contribution >= 4 is 0 Å². The standard InChI is InChI=1S/C8H11N3.CH3.K/c1-4-11(5-1)7-8-6-9-2-3-10-8;;/h2-3,6H,1,4-5,7H2;1H3;/q;-1;+1. The largest absolute Gasteiger partial charge is 1.00 e. The van der Waals surface area contributed by atoms with Crippen molar-refractivity contribution in [3.05, 3.63) is 31.7 Å². The van der Waals surface area contributed by atoms with Gasteiger partial charge in [-0.05, 0) is 19.5 Å². The predicted octanol–water partition coefficient (Wildman–Crippen LogP) is -1.86. The van der Waals surface area contributed by atoms with Gasteiger partial charge >= 0.3 is 51.4 Å². The van der Waals surface area contributed by atoms with Crippen molar-refractivity contribution in [2.24, 2.45) is 0 Å². The fourth-order valence-electron chi connectivity index (χ4n) is 1.18. The van der Waals surface area contributed by atoms with Crippen LogP contribution < -0.4 is 51.4 Å². The van der Waals surface area contributed by atoms with Crippen LogP contribution in [0.5, 0.6) is 0 Å². The fraction of sp³-hybridized carbons (Fsp3) is 0.444. The normalized spacial score (nSPS) is 15.1. The predicted molar refractivity (Wildman–Crippen MR) is 48.3 cm³/mol. The molecular weight excluding hydrogens is 189 g/mol. The van der Waals surface area contributed by atoms with Gasteiger partial charge in [0.05, 0.1) is 5.69 Å². The molecule has 0 N–H and O–H groups in total. The van der Waals surface area contributed by atoms with Crippen LogP contribution in [0, 0.1) is 7.43 Å². The summed E-state index contributed by atoms with van der Waals surface area (Å²) >= 11 is 0. The van der Waals surface area contributed by atoms with Crippen LogP contribution in [-0.2, 0) is 6.54 Å². The van der Waals surface area contributed by atoms with Crippen LogP contribution in [0.25, 0.3) is 0 Å². The summed E-state index contributed by atoms with van der Waals surface area (Å²) in [5, 5.41) is 0. The van der Waals surface area contributed by atoms with Crippen LogP contribution in [0.2, 0.25) is 0 Å². The minimum Gasteiger partial charge on any atom is -0.358 e. The molecule has 2 heterocycles. The third kappa shape index (κ3) is 4.14. The Bertz CT molecular complexity index is 224. The van der Waals surface area contributed by atoms with E-state index < -0.39 is 0 Å². The zero-order chi connectivity index (χ0) is 7.52. The Morgan fingerprint density at radius 3 is 2.54 bits per heavy atom. The number of likely N-dealkylation sites (tertiary alicyclic amines) is 1. The Labute approximate surface area is 122 Å². The summed E-state index contributed by atoms with van der Waals surface area (Å²) in [5.41, 5.74) is 1.08. The average molecular weight is 203 g/mol. The molecule has 0 amide bonds. The summed E-state index contributed by atoms with van der Waals surface area (Å²) in [6, 6.07) is 0. The van der Waals surface area contributed by atoms with Crippen LogP contribution in [0.3, 0.4) is 0 Å². The first-order valence-corrected chi connectivity index (χ1v) is 3.92. The second-order valence-corrected chi connectivity index (χ2v) is 2.83. The Kier molecular flexibility index (Phi) is 7.40. The first-order chi connectivity index (χ1) is 5.45. The van der Waals surface area contributed by atoms with Gasteiger partial charge in [-0.15, -0.1) is 0 Å². The molecule has 66 valence electrons. The number of hydrogen-bond donors (Lipinski definition) is 0. The van der Waals surface area contributed by atoms with Crippen molar-refractivity contribution in [3.8, 4) is 0 Å². The maximum absolute atomic E-state index is 4.20. The van der Waals surface area contributed by atoms with E-state index in [1.54, 1.807) is 12.4 Å². The molecule has 4 heteroatoms. The first kappa shape index (κ1) is 13.7. The van der Waals surface area contributed by atoms with Gasteiger partial charge in [-0.25, -0.2) is 0 Å². The molecule has 1 aromatic heterocycles. The number of rotatable bonds is 2. The van der Waals surface area contributed by atoms with Crippen molar-refractivity contribution in [2.45, 2.75) is 13.0 Å². The molecule has 1 fully saturated rings. The summed E-state index contributed by atoms with van der Waals surface area (Å²) in [6.45, 7) is 3.40. The number of nitrogens with zero attached hydrogens (tertiary/aromatic N) is 3. The Balaban J connectivity index is 0.000000720. The summed E-state index contributed by atoms with van der Waals surface area (Å²) in [7, 11) is 0. The molecule has 1 aromatic rings. The van der Waals surface area contributed by atoms with E-state index in [2.05, 4.69) is 14.9 Å². The van der Waals surface area contributed by atoms with Gasteiger partial charge in [0.25, 0.3) is 0 Å². The van der Waals surface area contributed by atoms with Gasteiger partial charge < -0.3 is 7.43 Å². The molecular formula is C9H14KN3. The van der Waals surface area contributed by atoms with E-state index in [0.29, 0.717) is 0 Å². The molecule has 0 saturated carbocycles. The van der Waals surface area contributed by atoms with Crippen molar-refractivity contribution < 1.29 is 51.4 Å². The molecule has 0 unspecified atom stereocenters. The SMILES string of the molecule is [CH3-].[K+].c1cnc(CN2CCC2)cn1. The fourth-order valence-corrected chi connectivity index (χ4v) is 1.18. The molecule has 1 saturated heterocycles. The molecule has 2 rings (SSSR count). The molecule has 1 aliphatic heterocycles. The molecule has 0 atom stereocenters. The van der Waals surface area contributed by atoms with Crippen molar-refractivity contribution in [2.75, 3.05) is 13.1 Å². The Morgan fingerprint density at radius 1 is 1.31 bits per heavy atom. The van der Waals surface area contributed by atoms with Gasteiger partial charge in [-0.2, -0.15) is 0 Å². The minimum atomic E-state index is 0. The van der Waals surface area contributed by atoms with Gasteiger partial charge in [-0.3, -0.25) is 14.9 Å². The first-order valence-electron chi connectivity index (χ1n) is 3.92. The monoisotopic (exact) mass is 203 g/mol. The topological polar surface area (TPSA) is 29.0 Å². The van der Waals surface area contributed by atoms with Gasteiger partial charge in [0.1, 0.15) is 0 Å². The van der Waals surface area contributed by atoms with Gasteiger partial charge in [0.15, 0.2) is 0 Å². The van der Waals surface area contributed by atoms with Crippen LogP contribution in [0.1, 0.15) is 12.1 Å². The second kappa shape index (κ2) is 7.03. The summed E-state index contributed by atoms with van der Waals surface area (Å²) in [4.78, 5) is 10.6. The third-order valence-corrected chi connectivity index (χ3v) is 1.95. The molecule has 0 bridgehead atoms. The zero-order valence-corrected chi connectivity index (χ0v) is 11.5. The maximum Gasteiger partial charge on any atom is 1.00 e. The van der Waals surface area contributed by atoms with E-state index >= 15 is 0 Å². The van der Waals surface area contributed by atoms with E-state index in [1.807, 2.05) is 6.20 Å². The maximum atomic E-state index is 4.20. The van der Waals surface area contributed by atoms with Crippen LogP contribution in [-0.4, -0.2) is 28.0 Å². The Morgan fingerprint density at radius 2 is 2.08 bits per heavy atom. The number of aromatic nitrogens is 2. The van der Waals surface area contributed by atoms with Crippen LogP contribution in [0.15, 0.2) is 18.6 Å². The Hall–Kier alpha value is 0.676. The minimum absolute atomic E-state index is 0. The second-order valence-electron chi connectivity index (χ2n) is 2.83. The van der Waals surface area contributed by atoms with Gasteiger partial charge in [0, 0.05) is 25.1 Å².